The van der Waals surface area contributed by atoms with E-state index in [1.54, 1.807) is 0 Å². The van der Waals surface area contributed by atoms with E-state index in [0.717, 1.165) is 14.0 Å². The largest absolute Gasteiger partial charge is 0.469 e. The van der Waals surface area contributed by atoms with Crippen LogP contribution in [0.5, 0.6) is 0 Å². The Morgan fingerprint density at radius 3 is 1.83 bits per heavy atom. The Kier molecular flexibility index (Phi) is 5.72. The van der Waals surface area contributed by atoms with Crippen LogP contribution in [-0.2, 0) is 29.8 Å². The van der Waals surface area contributed by atoms with Gasteiger partial charge in [-0.25, -0.2) is 0 Å². The predicted molar refractivity (Wildman–Crippen MR) is 62.1 cm³/mol. The molecule has 0 aromatic carbocycles. The van der Waals surface area contributed by atoms with Gasteiger partial charge in [0.2, 0.25) is 0 Å². The van der Waals surface area contributed by atoms with Crippen LogP contribution < -0.4 is 0 Å². The average molecular weight is 304 g/mol. The van der Waals surface area contributed by atoms with E-state index >= 15 is 0 Å². The zero-order valence-electron chi connectivity index (χ0n) is 10.1. The molecule has 8 nitrogen and oxygen atoms in total. The fourth-order valence-corrected chi connectivity index (χ4v) is 3.10. The average Bonchev–Trinajstić information content (AvgIpc) is 2.20. The standard InChI is InChI=1S/C8H16O8S2/c1-5(17(10,11)12)4-7(18(13,14)15)6(2)8(9)16-3/h5-7H,4H2,1-3H3,(H,10,11,12)(H,13,14,15). The van der Waals surface area contributed by atoms with Gasteiger partial charge in [-0.3, -0.25) is 13.9 Å². The third-order valence-corrected chi connectivity index (χ3v) is 5.16. The van der Waals surface area contributed by atoms with Crippen molar-refractivity contribution >= 4 is 26.2 Å². The molecule has 108 valence electrons. The molecule has 0 aliphatic carbocycles. The van der Waals surface area contributed by atoms with Crippen molar-refractivity contribution in [3.63, 3.8) is 0 Å². The Hall–Kier alpha value is -0.710. The Balaban J connectivity index is 5.24. The molecule has 0 aromatic rings. The van der Waals surface area contributed by atoms with E-state index in [0.29, 0.717) is 0 Å². The minimum Gasteiger partial charge on any atom is -0.469 e. The zero-order valence-corrected chi connectivity index (χ0v) is 11.7. The van der Waals surface area contributed by atoms with E-state index in [1.807, 2.05) is 0 Å². The Morgan fingerprint density at radius 2 is 1.56 bits per heavy atom. The van der Waals surface area contributed by atoms with Gasteiger partial charge in [0.25, 0.3) is 20.2 Å². The Bertz CT molecular complexity index is 491. The van der Waals surface area contributed by atoms with Gasteiger partial charge in [-0.05, 0) is 13.3 Å². The van der Waals surface area contributed by atoms with Gasteiger partial charge >= 0.3 is 5.97 Å². The second-order valence-electron chi connectivity index (χ2n) is 3.93. The maximum Gasteiger partial charge on any atom is 0.309 e. The highest BCUT2D eigenvalue weighted by atomic mass is 32.2. The van der Waals surface area contributed by atoms with Gasteiger partial charge < -0.3 is 4.74 Å². The SMILES string of the molecule is COC(=O)C(C)C(CC(C)S(=O)(=O)O)S(=O)(=O)O. The first-order chi connectivity index (χ1) is 7.91. The molecule has 0 radical (unpaired) electrons. The van der Waals surface area contributed by atoms with Crippen LogP contribution in [0.2, 0.25) is 0 Å². The molecule has 3 unspecified atom stereocenters. The monoisotopic (exact) mass is 304 g/mol. The van der Waals surface area contributed by atoms with Crippen molar-refractivity contribution in [1.29, 1.82) is 0 Å². The van der Waals surface area contributed by atoms with Crippen LogP contribution in [0.25, 0.3) is 0 Å². The smallest absolute Gasteiger partial charge is 0.309 e. The number of methoxy groups -OCH3 is 1. The third-order valence-electron chi connectivity index (χ3n) is 2.59. The number of carbonyl (C=O) groups excluding carboxylic acids is 1. The maximum absolute atomic E-state index is 11.2. The first kappa shape index (κ1) is 17.3. The Morgan fingerprint density at radius 1 is 1.11 bits per heavy atom. The summed E-state index contributed by atoms with van der Waals surface area (Å²) in [5, 5.41) is -3.10. The van der Waals surface area contributed by atoms with E-state index in [-0.39, 0.29) is 0 Å². The highest BCUT2D eigenvalue weighted by Gasteiger charge is 2.38. The molecule has 3 atom stereocenters. The molecule has 0 aliphatic rings. The summed E-state index contributed by atoms with van der Waals surface area (Å²) in [6.07, 6.45) is -0.617. The molecule has 0 aromatic heterocycles. The highest BCUT2D eigenvalue weighted by molar-refractivity contribution is 7.87. The van der Waals surface area contributed by atoms with Gasteiger partial charge in [-0.1, -0.05) is 6.92 Å². The van der Waals surface area contributed by atoms with Crippen LogP contribution in [0.4, 0.5) is 0 Å². The molecule has 0 fully saturated rings. The van der Waals surface area contributed by atoms with Gasteiger partial charge in [0.05, 0.1) is 18.3 Å². The quantitative estimate of drug-likeness (QED) is 0.505. The lowest BCUT2D eigenvalue weighted by molar-refractivity contribution is -0.144. The molecular formula is C8H16O8S2. The van der Waals surface area contributed by atoms with Crippen molar-refractivity contribution < 1.29 is 35.5 Å². The number of ether oxygens (including phenoxy) is 1. The second kappa shape index (κ2) is 5.95. The minimum atomic E-state index is -4.65. The van der Waals surface area contributed by atoms with Crippen LogP contribution in [0.3, 0.4) is 0 Å². The summed E-state index contributed by atoms with van der Waals surface area (Å²) in [6, 6.07) is 0. The summed E-state index contributed by atoms with van der Waals surface area (Å²) in [4.78, 5) is 11.2. The van der Waals surface area contributed by atoms with E-state index in [4.69, 9.17) is 9.11 Å². The van der Waals surface area contributed by atoms with Crippen LogP contribution >= 0.6 is 0 Å². The van der Waals surface area contributed by atoms with Crippen molar-refractivity contribution in [2.75, 3.05) is 7.11 Å². The summed E-state index contributed by atoms with van der Waals surface area (Å²) in [5.41, 5.74) is 0. The van der Waals surface area contributed by atoms with Crippen LogP contribution in [0.15, 0.2) is 0 Å². The molecule has 2 N–H and O–H groups in total. The fourth-order valence-electron chi connectivity index (χ4n) is 1.37. The maximum atomic E-state index is 11.2. The molecule has 0 saturated carbocycles. The van der Waals surface area contributed by atoms with Crippen molar-refractivity contribution in [3.8, 4) is 0 Å². The molecule has 0 aliphatic heterocycles. The number of hydrogen-bond acceptors (Lipinski definition) is 6. The van der Waals surface area contributed by atoms with Gasteiger partial charge in [0.15, 0.2) is 0 Å². The van der Waals surface area contributed by atoms with Crippen molar-refractivity contribution in [3.05, 3.63) is 0 Å². The Labute approximate surface area is 106 Å². The summed E-state index contributed by atoms with van der Waals surface area (Å²) < 4.78 is 66.0. The molecule has 0 spiro atoms. The summed E-state index contributed by atoms with van der Waals surface area (Å²) in [6.45, 7) is 2.25. The topological polar surface area (TPSA) is 135 Å². The normalized spacial score (nSPS) is 17.8. The first-order valence-corrected chi connectivity index (χ1v) is 7.92. The lowest BCUT2D eigenvalue weighted by Gasteiger charge is -2.21. The predicted octanol–water partition coefficient (Wildman–Crippen LogP) is -0.282. The van der Waals surface area contributed by atoms with Gasteiger partial charge in [0.1, 0.15) is 5.25 Å². The molecule has 0 bridgehead atoms. The number of rotatable bonds is 6. The van der Waals surface area contributed by atoms with E-state index in [9.17, 15) is 21.6 Å². The fraction of sp³-hybridized carbons (Fsp3) is 0.875. The van der Waals surface area contributed by atoms with Crippen LogP contribution in [0, 0.1) is 5.92 Å². The minimum absolute atomic E-state index is 0.617. The van der Waals surface area contributed by atoms with Crippen molar-refractivity contribution in [2.24, 2.45) is 5.92 Å². The molecule has 18 heavy (non-hydrogen) atoms. The van der Waals surface area contributed by atoms with E-state index in [2.05, 4.69) is 4.74 Å². The van der Waals surface area contributed by atoms with E-state index < -0.39 is 49.0 Å². The third kappa shape index (κ3) is 4.88. The molecule has 0 amide bonds. The molecule has 0 rings (SSSR count). The molecule has 0 saturated heterocycles. The van der Waals surface area contributed by atoms with Gasteiger partial charge in [-0.15, -0.1) is 0 Å². The highest BCUT2D eigenvalue weighted by Crippen LogP contribution is 2.21. The number of hydrogen-bond donors (Lipinski definition) is 2. The van der Waals surface area contributed by atoms with Crippen molar-refractivity contribution in [2.45, 2.75) is 30.8 Å². The summed E-state index contributed by atoms with van der Waals surface area (Å²) >= 11 is 0. The first-order valence-electron chi connectivity index (χ1n) is 4.91. The van der Waals surface area contributed by atoms with Crippen molar-refractivity contribution in [1.82, 2.24) is 0 Å². The molecule has 10 heteroatoms. The molecular weight excluding hydrogens is 288 g/mol. The lowest BCUT2D eigenvalue weighted by Crippen LogP contribution is -2.37. The number of esters is 1. The summed E-state index contributed by atoms with van der Waals surface area (Å²) in [5.74, 6) is -2.16. The van der Waals surface area contributed by atoms with Crippen LogP contribution in [0.1, 0.15) is 20.3 Å². The number of carbonyl (C=O) groups is 1. The van der Waals surface area contributed by atoms with Gasteiger partial charge in [-0.2, -0.15) is 16.8 Å². The van der Waals surface area contributed by atoms with Crippen LogP contribution in [-0.4, -0.2) is 49.5 Å². The second-order valence-corrected chi connectivity index (χ2v) is 7.40. The molecule has 0 heterocycles. The summed E-state index contributed by atoms with van der Waals surface area (Å²) in [7, 11) is -8.07. The zero-order chi connectivity index (χ0) is 14.7. The van der Waals surface area contributed by atoms with E-state index in [1.165, 1.54) is 6.92 Å². The lowest BCUT2D eigenvalue weighted by atomic mass is 10.0. The van der Waals surface area contributed by atoms with Gasteiger partial charge in [0, 0.05) is 0 Å².